The third kappa shape index (κ3) is 4.55. The molecule has 0 radical (unpaired) electrons. The van der Waals surface area contributed by atoms with Gasteiger partial charge in [-0.25, -0.2) is 4.98 Å². The standard InChI is InChI=1S/C19H23N3O2/c20-19(23)15-7-10-18(22-13-15)24-17-8-5-14(6-9-17)11-12-21-16-3-1-2-4-16/h5-10,13,16,21H,1-4,11-12H2,(H2,20,23). The summed E-state index contributed by atoms with van der Waals surface area (Å²) < 4.78 is 5.67. The Balaban J connectivity index is 1.49. The SMILES string of the molecule is NC(=O)c1ccc(Oc2ccc(CCNC3CCCC3)cc2)nc1. The van der Waals surface area contributed by atoms with Crippen molar-refractivity contribution in [1.29, 1.82) is 0 Å². The van der Waals surface area contributed by atoms with E-state index in [1.165, 1.54) is 37.4 Å². The lowest BCUT2D eigenvalue weighted by molar-refractivity contribution is 0.1000. The number of pyridine rings is 1. The number of primary amides is 1. The van der Waals surface area contributed by atoms with Crippen LogP contribution in [0, 0.1) is 0 Å². The molecule has 1 heterocycles. The molecule has 126 valence electrons. The number of nitrogens with zero attached hydrogens (tertiary/aromatic N) is 1. The molecule has 0 atom stereocenters. The molecule has 1 saturated carbocycles. The van der Waals surface area contributed by atoms with Crippen molar-refractivity contribution in [1.82, 2.24) is 10.3 Å². The van der Waals surface area contributed by atoms with Crippen LogP contribution < -0.4 is 15.8 Å². The second kappa shape index (κ2) is 7.93. The third-order valence-electron chi connectivity index (χ3n) is 4.37. The van der Waals surface area contributed by atoms with Gasteiger partial charge in [0.15, 0.2) is 0 Å². The predicted molar refractivity (Wildman–Crippen MR) is 93.2 cm³/mol. The van der Waals surface area contributed by atoms with Gasteiger partial charge >= 0.3 is 0 Å². The Hall–Kier alpha value is -2.40. The summed E-state index contributed by atoms with van der Waals surface area (Å²) in [7, 11) is 0. The molecule has 1 aromatic heterocycles. The van der Waals surface area contributed by atoms with Gasteiger partial charge in [0.1, 0.15) is 5.75 Å². The minimum atomic E-state index is -0.496. The van der Waals surface area contributed by atoms with Crippen molar-refractivity contribution in [3.05, 3.63) is 53.7 Å². The molecule has 3 N–H and O–H groups in total. The number of ether oxygens (including phenoxy) is 1. The summed E-state index contributed by atoms with van der Waals surface area (Å²) in [6.45, 7) is 1.01. The minimum absolute atomic E-state index is 0.368. The van der Waals surface area contributed by atoms with E-state index in [0.29, 0.717) is 17.5 Å². The Labute approximate surface area is 142 Å². The van der Waals surface area contributed by atoms with Gasteiger partial charge in [-0.05, 0) is 49.6 Å². The van der Waals surface area contributed by atoms with E-state index < -0.39 is 5.91 Å². The number of nitrogens with two attached hydrogens (primary N) is 1. The fourth-order valence-corrected chi connectivity index (χ4v) is 2.98. The van der Waals surface area contributed by atoms with Crippen molar-refractivity contribution in [2.75, 3.05) is 6.54 Å². The molecular weight excluding hydrogens is 302 g/mol. The molecule has 1 amide bonds. The number of nitrogens with one attached hydrogen (secondary N) is 1. The zero-order chi connectivity index (χ0) is 16.8. The van der Waals surface area contributed by atoms with Crippen molar-refractivity contribution in [2.45, 2.75) is 38.1 Å². The first-order chi connectivity index (χ1) is 11.7. The van der Waals surface area contributed by atoms with E-state index >= 15 is 0 Å². The van der Waals surface area contributed by atoms with Crippen molar-refractivity contribution >= 4 is 5.91 Å². The Morgan fingerprint density at radius 1 is 1.17 bits per heavy atom. The lowest BCUT2D eigenvalue weighted by Gasteiger charge is -2.11. The van der Waals surface area contributed by atoms with Gasteiger partial charge in [-0.1, -0.05) is 25.0 Å². The molecule has 3 rings (SSSR count). The first-order valence-corrected chi connectivity index (χ1v) is 8.47. The second-order valence-electron chi connectivity index (χ2n) is 6.18. The minimum Gasteiger partial charge on any atom is -0.439 e. The number of hydrogen-bond donors (Lipinski definition) is 2. The van der Waals surface area contributed by atoms with Gasteiger partial charge in [-0.2, -0.15) is 0 Å². The summed E-state index contributed by atoms with van der Waals surface area (Å²) in [4.78, 5) is 15.1. The van der Waals surface area contributed by atoms with Gasteiger partial charge in [0.2, 0.25) is 11.8 Å². The Kier molecular flexibility index (Phi) is 5.43. The molecule has 2 aromatic rings. The molecule has 0 bridgehead atoms. The van der Waals surface area contributed by atoms with Gasteiger partial charge in [-0.15, -0.1) is 0 Å². The average Bonchev–Trinajstić information content (AvgIpc) is 3.10. The number of carbonyl (C=O) groups is 1. The van der Waals surface area contributed by atoms with Gasteiger partial charge in [0, 0.05) is 18.3 Å². The number of benzene rings is 1. The molecule has 1 aromatic carbocycles. The topological polar surface area (TPSA) is 77.2 Å². The number of aromatic nitrogens is 1. The fourth-order valence-electron chi connectivity index (χ4n) is 2.98. The molecule has 1 aliphatic rings. The predicted octanol–water partition coefficient (Wildman–Crippen LogP) is 3.05. The molecule has 24 heavy (non-hydrogen) atoms. The molecule has 0 unspecified atom stereocenters. The van der Waals surface area contributed by atoms with E-state index in [1.807, 2.05) is 12.1 Å². The quantitative estimate of drug-likeness (QED) is 0.820. The van der Waals surface area contributed by atoms with Crippen LogP contribution in [0.4, 0.5) is 0 Å². The molecular formula is C19H23N3O2. The average molecular weight is 325 g/mol. The van der Waals surface area contributed by atoms with E-state index in [2.05, 4.69) is 22.4 Å². The summed E-state index contributed by atoms with van der Waals surface area (Å²) >= 11 is 0. The molecule has 0 aliphatic heterocycles. The normalized spacial score (nSPS) is 14.7. The Morgan fingerprint density at radius 2 is 1.92 bits per heavy atom. The molecule has 1 aliphatic carbocycles. The monoisotopic (exact) mass is 325 g/mol. The largest absolute Gasteiger partial charge is 0.439 e. The van der Waals surface area contributed by atoms with Crippen molar-refractivity contribution in [3.63, 3.8) is 0 Å². The van der Waals surface area contributed by atoms with Crippen LogP contribution in [-0.2, 0) is 6.42 Å². The summed E-state index contributed by atoms with van der Waals surface area (Å²) in [6.07, 6.45) is 7.78. The van der Waals surface area contributed by atoms with Crippen molar-refractivity contribution in [3.8, 4) is 11.6 Å². The van der Waals surface area contributed by atoms with Crippen molar-refractivity contribution in [2.24, 2.45) is 5.73 Å². The van der Waals surface area contributed by atoms with Crippen LogP contribution in [-0.4, -0.2) is 23.5 Å². The number of rotatable bonds is 7. The molecule has 5 heteroatoms. The van der Waals surface area contributed by atoms with Gasteiger partial charge in [0.25, 0.3) is 0 Å². The lowest BCUT2D eigenvalue weighted by Crippen LogP contribution is -2.27. The molecule has 0 saturated heterocycles. The van der Waals surface area contributed by atoms with Crippen LogP contribution in [0.1, 0.15) is 41.6 Å². The van der Waals surface area contributed by atoms with Gasteiger partial charge < -0.3 is 15.8 Å². The highest BCUT2D eigenvalue weighted by Crippen LogP contribution is 2.20. The first-order valence-electron chi connectivity index (χ1n) is 8.47. The third-order valence-corrected chi connectivity index (χ3v) is 4.37. The highest BCUT2D eigenvalue weighted by Gasteiger charge is 2.13. The highest BCUT2D eigenvalue weighted by molar-refractivity contribution is 5.92. The Morgan fingerprint density at radius 3 is 2.54 bits per heavy atom. The smallest absolute Gasteiger partial charge is 0.250 e. The lowest BCUT2D eigenvalue weighted by atomic mass is 10.1. The summed E-state index contributed by atoms with van der Waals surface area (Å²) in [5.41, 5.74) is 6.84. The maximum Gasteiger partial charge on any atom is 0.250 e. The van der Waals surface area contributed by atoms with Gasteiger partial charge in [-0.3, -0.25) is 4.79 Å². The molecule has 0 spiro atoms. The van der Waals surface area contributed by atoms with E-state index in [4.69, 9.17) is 10.5 Å². The van der Waals surface area contributed by atoms with E-state index in [1.54, 1.807) is 12.1 Å². The maximum atomic E-state index is 11.0. The van der Waals surface area contributed by atoms with Crippen LogP contribution in [0.5, 0.6) is 11.6 Å². The first kappa shape index (κ1) is 16.5. The summed E-state index contributed by atoms with van der Waals surface area (Å²) in [6, 6.07) is 12.0. The number of hydrogen-bond acceptors (Lipinski definition) is 4. The van der Waals surface area contributed by atoms with Crippen LogP contribution in [0.25, 0.3) is 0 Å². The van der Waals surface area contributed by atoms with E-state index in [0.717, 1.165) is 18.7 Å². The fraction of sp³-hybridized carbons (Fsp3) is 0.368. The summed E-state index contributed by atoms with van der Waals surface area (Å²) in [5, 5.41) is 3.62. The van der Waals surface area contributed by atoms with Crippen molar-refractivity contribution < 1.29 is 9.53 Å². The number of amides is 1. The second-order valence-corrected chi connectivity index (χ2v) is 6.18. The Bertz CT molecular complexity index is 662. The van der Waals surface area contributed by atoms with Crippen LogP contribution in [0.2, 0.25) is 0 Å². The molecule has 1 fully saturated rings. The highest BCUT2D eigenvalue weighted by atomic mass is 16.5. The van der Waals surface area contributed by atoms with Crippen LogP contribution >= 0.6 is 0 Å². The maximum absolute atomic E-state index is 11.0. The zero-order valence-corrected chi connectivity index (χ0v) is 13.7. The van der Waals surface area contributed by atoms with Crippen LogP contribution in [0.3, 0.4) is 0 Å². The zero-order valence-electron chi connectivity index (χ0n) is 13.7. The number of carbonyl (C=O) groups excluding carboxylic acids is 1. The molecule has 5 nitrogen and oxygen atoms in total. The van der Waals surface area contributed by atoms with Gasteiger partial charge in [0.05, 0.1) is 5.56 Å². The van der Waals surface area contributed by atoms with E-state index in [-0.39, 0.29) is 0 Å². The summed E-state index contributed by atoms with van der Waals surface area (Å²) in [5.74, 6) is 0.669. The van der Waals surface area contributed by atoms with E-state index in [9.17, 15) is 4.79 Å². The van der Waals surface area contributed by atoms with Crippen LogP contribution in [0.15, 0.2) is 42.6 Å².